The number of sulfonamides is 1. The van der Waals surface area contributed by atoms with E-state index < -0.39 is 15.6 Å². The maximum atomic E-state index is 12.2. The molecule has 21 heavy (non-hydrogen) atoms. The molecule has 0 spiro atoms. The van der Waals surface area contributed by atoms with E-state index in [0.717, 1.165) is 5.56 Å². The van der Waals surface area contributed by atoms with Crippen LogP contribution in [0.5, 0.6) is 0 Å². The summed E-state index contributed by atoms with van der Waals surface area (Å²) in [6, 6.07) is 5.82. The van der Waals surface area contributed by atoms with Gasteiger partial charge in [-0.1, -0.05) is 26.0 Å². The molecule has 0 fully saturated rings. The second-order valence-corrected chi connectivity index (χ2v) is 6.73. The van der Waals surface area contributed by atoms with E-state index >= 15 is 0 Å². The quantitative estimate of drug-likeness (QED) is 0.727. The minimum Gasteiger partial charge on any atom is -0.348 e. The van der Waals surface area contributed by atoms with Gasteiger partial charge in [-0.05, 0) is 37.5 Å². The number of rotatable bonds is 6. The molecular formula is C14H23N3O3S. The minimum absolute atomic E-state index is 0.0417. The minimum atomic E-state index is -3.71. The van der Waals surface area contributed by atoms with Crippen molar-refractivity contribution < 1.29 is 13.2 Å². The summed E-state index contributed by atoms with van der Waals surface area (Å²) in [5, 5.41) is 7.89. The van der Waals surface area contributed by atoms with Crippen LogP contribution >= 0.6 is 0 Å². The van der Waals surface area contributed by atoms with Crippen LogP contribution in [0.1, 0.15) is 45.2 Å². The van der Waals surface area contributed by atoms with Gasteiger partial charge in [-0.15, -0.1) is 0 Å². The predicted octanol–water partition coefficient (Wildman–Crippen LogP) is 1.03. The molecule has 0 heterocycles. The van der Waals surface area contributed by atoms with Gasteiger partial charge in [-0.3, -0.25) is 4.79 Å². The van der Waals surface area contributed by atoms with Crippen molar-refractivity contribution in [3.05, 3.63) is 29.8 Å². The van der Waals surface area contributed by atoms with Gasteiger partial charge in [-0.25, -0.2) is 13.6 Å². The Balaban J connectivity index is 2.86. The van der Waals surface area contributed by atoms with Crippen molar-refractivity contribution in [3.63, 3.8) is 0 Å². The number of nitrogens with one attached hydrogen (secondary N) is 1. The third-order valence-electron chi connectivity index (χ3n) is 3.77. The van der Waals surface area contributed by atoms with Crippen LogP contribution in [-0.4, -0.2) is 19.9 Å². The molecule has 118 valence electrons. The molecule has 0 aliphatic rings. The van der Waals surface area contributed by atoms with E-state index in [2.05, 4.69) is 5.32 Å². The Morgan fingerprint density at radius 3 is 2.10 bits per heavy atom. The topological polar surface area (TPSA) is 115 Å². The first-order valence-electron chi connectivity index (χ1n) is 6.86. The summed E-state index contributed by atoms with van der Waals surface area (Å²) in [7, 11) is -3.71. The molecule has 0 saturated carbocycles. The average molecular weight is 313 g/mol. The lowest BCUT2D eigenvalue weighted by molar-refractivity contribution is -0.127. The highest BCUT2D eigenvalue weighted by molar-refractivity contribution is 7.89. The van der Waals surface area contributed by atoms with E-state index in [1.807, 2.05) is 20.8 Å². The number of benzene rings is 1. The molecule has 0 aliphatic carbocycles. The van der Waals surface area contributed by atoms with Gasteiger partial charge in [0, 0.05) is 0 Å². The maximum Gasteiger partial charge on any atom is 0.240 e. The number of carbonyl (C=O) groups excluding carboxylic acids is 1. The zero-order chi connectivity index (χ0) is 16.3. The fourth-order valence-electron chi connectivity index (χ4n) is 1.94. The van der Waals surface area contributed by atoms with Crippen molar-refractivity contribution in [2.75, 3.05) is 0 Å². The highest BCUT2D eigenvalue weighted by Gasteiger charge is 2.30. The van der Waals surface area contributed by atoms with Gasteiger partial charge in [0.25, 0.3) is 0 Å². The highest BCUT2D eigenvalue weighted by atomic mass is 32.2. The van der Waals surface area contributed by atoms with E-state index in [0.29, 0.717) is 12.8 Å². The molecule has 0 radical (unpaired) electrons. The average Bonchev–Trinajstić information content (AvgIpc) is 2.45. The molecule has 0 bridgehead atoms. The number of carbonyl (C=O) groups is 1. The number of amides is 1. The molecule has 7 heteroatoms. The summed E-state index contributed by atoms with van der Waals surface area (Å²) in [4.78, 5) is 12.2. The third-order valence-corrected chi connectivity index (χ3v) is 4.70. The van der Waals surface area contributed by atoms with Crippen LogP contribution in [0.2, 0.25) is 0 Å². The summed E-state index contributed by atoms with van der Waals surface area (Å²) in [5.41, 5.74) is 5.94. The van der Waals surface area contributed by atoms with Gasteiger partial charge in [0.2, 0.25) is 15.9 Å². The predicted molar refractivity (Wildman–Crippen MR) is 81.9 cm³/mol. The molecule has 1 rings (SSSR count). The Labute approximate surface area is 126 Å². The van der Waals surface area contributed by atoms with Gasteiger partial charge in [0.15, 0.2) is 0 Å². The zero-order valence-electron chi connectivity index (χ0n) is 12.6. The van der Waals surface area contributed by atoms with E-state index in [-0.39, 0.29) is 16.8 Å². The van der Waals surface area contributed by atoms with Crippen molar-refractivity contribution in [1.29, 1.82) is 0 Å². The summed E-state index contributed by atoms with van der Waals surface area (Å²) in [6.45, 7) is 5.55. The van der Waals surface area contributed by atoms with E-state index in [1.54, 1.807) is 12.1 Å². The Morgan fingerprint density at radius 2 is 1.71 bits per heavy atom. The fraction of sp³-hybridized carbons (Fsp3) is 0.500. The zero-order valence-corrected chi connectivity index (χ0v) is 13.4. The van der Waals surface area contributed by atoms with Crippen molar-refractivity contribution in [3.8, 4) is 0 Å². The summed E-state index contributed by atoms with van der Waals surface area (Å²) in [6.07, 6.45) is 1.10. The first-order valence-corrected chi connectivity index (χ1v) is 8.41. The summed E-state index contributed by atoms with van der Waals surface area (Å²) in [5.74, 6) is -0.212. The standard InChI is InChI=1S/C14H23N3O3S/c1-4-14(15,5-2)13(18)17-10(3)11-6-8-12(9-7-11)21(16,19)20/h6-10H,4-5,15H2,1-3H3,(H,17,18)(H2,16,19,20). The van der Waals surface area contributed by atoms with Crippen LogP contribution < -0.4 is 16.2 Å². The highest BCUT2D eigenvalue weighted by Crippen LogP contribution is 2.18. The lowest BCUT2D eigenvalue weighted by atomic mass is 9.92. The first-order chi connectivity index (χ1) is 9.64. The van der Waals surface area contributed by atoms with Crippen LogP contribution in [0.3, 0.4) is 0 Å². The molecule has 0 aromatic heterocycles. The SMILES string of the molecule is CCC(N)(CC)C(=O)NC(C)c1ccc(S(N)(=O)=O)cc1. The van der Waals surface area contributed by atoms with Gasteiger partial charge in [0.1, 0.15) is 0 Å². The van der Waals surface area contributed by atoms with Crippen molar-refractivity contribution in [1.82, 2.24) is 5.32 Å². The third kappa shape index (κ3) is 4.26. The van der Waals surface area contributed by atoms with Crippen LogP contribution in [0.25, 0.3) is 0 Å². The fourth-order valence-corrected chi connectivity index (χ4v) is 2.46. The van der Waals surface area contributed by atoms with Gasteiger partial charge in [-0.2, -0.15) is 0 Å². The van der Waals surface area contributed by atoms with Crippen molar-refractivity contribution >= 4 is 15.9 Å². The Morgan fingerprint density at radius 1 is 1.24 bits per heavy atom. The maximum absolute atomic E-state index is 12.2. The molecule has 1 aromatic carbocycles. The summed E-state index contributed by atoms with van der Waals surface area (Å²) < 4.78 is 22.4. The van der Waals surface area contributed by atoms with Crippen LogP contribution in [-0.2, 0) is 14.8 Å². The number of hydrogen-bond donors (Lipinski definition) is 3. The Kier molecular flexibility index (Phi) is 5.49. The molecule has 1 unspecified atom stereocenters. The lowest BCUT2D eigenvalue weighted by Gasteiger charge is -2.27. The lowest BCUT2D eigenvalue weighted by Crippen LogP contribution is -2.53. The Bertz CT molecular complexity index is 592. The second kappa shape index (κ2) is 6.55. The molecule has 0 saturated heterocycles. The van der Waals surface area contributed by atoms with Gasteiger partial charge >= 0.3 is 0 Å². The monoisotopic (exact) mass is 313 g/mol. The number of nitrogens with two attached hydrogens (primary N) is 2. The number of primary sulfonamides is 1. The van der Waals surface area contributed by atoms with Crippen molar-refractivity contribution in [2.45, 2.75) is 50.1 Å². The largest absolute Gasteiger partial charge is 0.348 e. The van der Waals surface area contributed by atoms with E-state index in [9.17, 15) is 13.2 Å². The summed E-state index contributed by atoms with van der Waals surface area (Å²) >= 11 is 0. The Hall–Kier alpha value is -1.44. The second-order valence-electron chi connectivity index (χ2n) is 5.17. The molecule has 5 N–H and O–H groups in total. The van der Waals surface area contributed by atoms with Crippen molar-refractivity contribution in [2.24, 2.45) is 10.9 Å². The van der Waals surface area contributed by atoms with Crippen LogP contribution in [0, 0.1) is 0 Å². The molecule has 1 aromatic rings. The van der Waals surface area contributed by atoms with Gasteiger partial charge in [0.05, 0.1) is 16.5 Å². The first kappa shape index (κ1) is 17.6. The molecular weight excluding hydrogens is 290 g/mol. The van der Waals surface area contributed by atoms with E-state index in [1.165, 1.54) is 12.1 Å². The molecule has 1 atom stereocenters. The molecule has 6 nitrogen and oxygen atoms in total. The van der Waals surface area contributed by atoms with E-state index in [4.69, 9.17) is 10.9 Å². The smallest absolute Gasteiger partial charge is 0.240 e. The van der Waals surface area contributed by atoms with Gasteiger partial charge < -0.3 is 11.1 Å². The van der Waals surface area contributed by atoms with Crippen LogP contribution in [0.15, 0.2) is 29.2 Å². The molecule has 1 amide bonds. The number of hydrogen-bond acceptors (Lipinski definition) is 4. The normalized spacial score (nSPS) is 13.8. The molecule has 0 aliphatic heterocycles. The van der Waals surface area contributed by atoms with Crippen LogP contribution in [0.4, 0.5) is 0 Å².